The quantitative estimate of drug-likeness (QED) is 0.628. The molecule has 1 aromatic rings. The van der Waals surface area contributed by atoms with Crippen molar-refractivity contribution in [1.82, 2.24) is 0 Å². The van der Waals surface area contributed by atoms with E-state index >= 15 is 0 Å². The van der Waals surface area contributed by atoms with E-state index in [1.807, 2.05) is 30.3 Å². The van der Waals surface area contributed by atoms with Crippen LogP contribution in [0.2, 0.25) is 0 Å². The molecule has 1 heterocycles. The number of hydrogen-bond donors (Lipinski definition) is 1. The number of allylic oxidation sites excluding steroid dienone is 2. The Morgan fingerprint density at radius 3 is 2.61 bits per heavy atom. The van der Waals surface area contributed by atoms with E-state index < -0.39 is 0 Å². The number of rotatable bonds is 3. The van der Waals surface area contributed by atoms with Gasteiger partial charge in [-0.3, -0.25) is 5.01 Å². The number of quaternary nitrogens is 1. The number of nitrogens with one attached hydrogen (secondary N) is 1. The first kappa shape index (κ1) is 12.6. The third kappa shape index (κ3) is 3.08. The fraction of sp³-hybridized carbons (Fsp3) is 0.267. The molecule has 0 fully saturated rings. The van der Waals surface area contributed by atoms with Crippen molar-refractivity contribution in [3.8, 4) is 0 Å². The van der Waals surface area contributed by atoms with Crippen molar-refractivity contribution in [2.75, 3.05) is 25.6 Å². The first-order chi connectivity index (χ1) is 8.66. The van der Waals surface area contributed by atoms with Crippen LogP contribution in [-0.4, -0.2) is 26.4 Å². The second kappa shape index (κ2) is 5.65. The third-order valence-electron chi connectivity index (χ3n) is 3.04. The highest BCUT2D eigenvalue weighted by atomic mass is 15.4. The van der Waals surface area contributed by atoms with Crippen LogP contribution in [0.1, 0.15) is 6.92 Å². The van der Waals surface area contributed by atoms with E-state index in [-0.39, 0.29) is 0 Å². The number of benzene rings is 1. The van der Waals surface area contributed by atoms with Gasteiger partial charge in [-0.25, -0.2) is 0 Å². The van der Waals surface area contributed by atoms with Crippen LogP contribution in [-0.2, 0) is 0 Å². The molecule has 1 aliphatic rings. The summed E-state index contributed by atoms with van der Waals surface area (Å²) in [6, 6.07) is 10.2. The van der Waals surface area contributed by atoms with Crippen LogP contribution in [0.5, 0.6) is 0 Å². The van der Waals surface area contributed by atoms with Gasteiger partial charge in [0, 0.05) is 18.7 Å². The van der Waals surface area contributed by atoms with Crippen molar-refractivity contribution in [3.05, 3.63) is 54.3 Å². The predicted molar refractivity (Wildman–Crippen MR) is 76.9 cm³/mol. The lowest BCUT2D eigenvalue weighted by Crippen LogP contribution is -3.04. The van der Waals surface area contributed by atoms with Crippen LogP contribution in [0, 0.1) is 0 Å². The van der Waals surface area contributed by atoms with E-state index in [4.69, 9.17) is 0 Å². The minimum absolute atomic E-state index is 1.02. The maximum Gasteiger partial charge on any atom is 0.101 e. The SMILES string of the molecule is CC(=NN(C)c1ccccc1)C1=CC[NH+](C)C=C1. The Kier molecular flexibility index (Phi) is 3.95. The Balaban J connectivity index is 2.12. The molecule has 0 spiro atoms. The Morgan fingerprint density at radius 2 is 2.00 bits per heavy atom. The zero-order chi connectivity index (χ0) is 13.0. The lowest BCUT2D eigenvalue weighted by Gasteiger charge is -2.16. The molecule has 3 heteroatoms. The minimum Gasteiger partial charge on any atom is -0.308 e. The third-order valence-corrected chi connectivity index (χ3v) is 3.04. The molecular weight excluding hydrogens is 222 g/mol. The topological polar surface area (TPSA) is 20.0 Å². The standard InChI is InChI=1S/C15H19N3/c1-13(14-9-11-17(2)12-10-14)16-18(3)15-7-5-4-6-8-15/h4-11H,12H2,1-3H3/p+1. The molecule has 18 heavy (non-hydrogen) atoms. The summed E-state index contributed by atoms with van der Waals surface area (Å²) >= 11 is 0. The first-order valence-corrected chi connectivity index (χ1v) is 6.22. The molecule has 3 nitrogen and oxygen atoms in total. The van der Waals surface area contributed by atoms with Gasteiger partial charge in [0.2, 0.25) is 0 Å². The van der Waals surface area contributed by atoms with Gasteiger partial charge in [0.25, 0.3) is 0 Å². The van der Waals surface area contributed by atoms with Crippen molar-refractivity contribution >= 4 is 11.4 Å². The number of nitrogens with zero attached hydrogens (tertiary/aromatic N) is 2. The van der Waals surface area contributed by atoms with Gasteiger partial charge in [0.05, 0.1) is 24.6 Å². The molecule has 0 saturated carbocycles. The van der Waals surface area contributed by atoms with Crippen LogP contribution < -0.4 is 9.91 Å². The molecule has 0 aliphatic carbocycles. The number of likely N-dealkylation sites (N-methyl/N-ethyl adjacent to an activating group) is 1. The fourth-order valence-corrected chi connectivity index (χ4v) is 1.89. The predicted octanol–water partition coefficient (Wildman–Crippen LogP) is 1.47. The summed E-state index contributed by atoms with van der Waals surface area (Å²) in [5.41, 5.74) is 3.36. The second-order valence-electron chi connectivity index (χ2n) is 4.59. The van der Waals surface area contributed by atoms with Crippen molar-refractivity contribution in [2.24, 2.45) is 5.10 Å². The molecule has 0 bridgehead atoms. The normalized spacial score (nSPS) is 19.6. The second-order valence-corrected chi connectivity index (χ2v) is 4.59. The van der Waals surface area contributed by atoms with Gasteiger partial charge in [0.15, 0.2) is 0 Å². The van der Waals surface area contributed by atoms with Crippen LogP contribution in [0.25, 0.3) is 0 Å². The Bertz CT molecular complexity index is 486. The maximum absolute atomic E-state index is 4.62. The zero-order valence-electron chi connectivity index (χ0n) is 11.2. The number of hydrogen-bond acceptors (Lipinski definition) is 2. The van der Waals surface area contributed by atoms with Crippen LogP contribution >= 0.6 is 0 Å². The summed E-state index contributed by atoms with van der Waals surface area (Å²) < 4.78 is 0. The van der Waals surface area contributed by atoms with Crippen LogP contribution in [0.4, 0.5) is 5.69 Å². The number of anilines is 1. The van der Waals surface area contributed by atoms with Gasteiger partial charge in [-0.15, -0.1) is 0 Å². The lowest BCUT2D eigenvalue weighted by atomic mass is 10.1. The molecule has 0 radical (unpaired) electrons. The maximum atomic E-state index is 4.62. The Morgan fingerprint density at radius 1 is 1.28 bits per heavy atom. The highest BCUT2D eigenvalue weighted by Crippen LogP contribution is 2.12. The molecule has 1 unspecified atom stereocenters. The van der Waals surface area contributed by atoms with Crippen LogP contribution in [0.15, 0.2) is 59.4 Å². The van der Waals surface area contributed by atoms with E-state index in [0.29, 0.717) is 0 Å². The van der Waals surface area contributed by atoms with Gasteiger partial charge in [-0.05, 0) is 25.1 Å². The average Bonchev–Trinajstić information content (AvgIpc) is 2.40. The molecule has 2 rings (SSSR count). The van der Waals surface area contributed by atoms with E-state index in [1.165, 1.54) is 10.5 Å². The van der Waals surface area contributed by atoms with E-state index in [1.54, 1.807) is 0 Å². The van der Waals surface area contributed by atoms with Crippen molar-refractivity contribution in [3.63, 3.8) is 0 Å². The molecule has 1 aliphatic heterocycles. The Hall–Kier alpha value is -1.87. The lowest BCUT2D eigenvalue weighted by molar-refractivity contribution is -0.818. The van der Waals surface area contributed by atoms with Gasteiger partial charge in [-0.2, -0.15) is 5.10 Å². The van der Waals surface area contributed by atoms with Gasteiger partial charge < -0.3 is 4.90 Å². The largest absolute Gasteiger partial charge is 0.308 e. The van der Waals surface area contributed by atoms with E-state index in [9.17, 15) is 0 Å². The highest BCUT2D eigenvalue weighted by molar-refractivity contribution is 6.01. The number of para-hydroxylation sites is 1. The smallest absolute Gasteiger partial charge is 0.101 e. The van der Waals surface area contributed by atoms with Gasteiger partial charge in [0.1, 0.15) is 6.54 Å². The summed E-state index contributed by atoms with van der Waals surface area (Å²) in [5, 5.41) is 6.53. The molecule has 1 aromatic carbocycles. The first-order valence-electron chi connectivity index (χ1n) is 6.22. The number of hydrazone groups is 1. The molecule has 0 aromatic heterocycles. The molecule has 0 amide bonds. The molecule has 1 atom stereocenters. The van der Waals surface area contributed by atoms with Crippen molar-refractivity contribution in [1.29, 1.82) is 0 Å². The average molecular weight is 242 g/mol. The van der Waals surface area contributed by atoms with Crippen molar-refractivity contribution < 1.29 is 4.90 Å². The van der Waals surface area contributed by atoms with Gasteiger partial charge >= 0.3 is 0 Å². The molecule has 1 N–H and O–H groups in total. The molecular formula is C15H20N3+. The summed E-state index contributed by atoms with van der Waals surface area (Å²) in [7, 11) is 4.12. The molecule has 0 saturated heterocycles. The van der Waals surface area contributed by atoms with Crippen molar-refractivity contribution in [2.45, 2.75) is 6.92 Å². The minimum atomic E-state index is 1.02. The summed E-state index contributed by atoms with van der Waals surface area (Å²) in [6.45, 7) is 3.07. The fourth-order valence-electron chi connectivity index (χ4n) is 1.89. The molecule has 94 valence electrons. The highest BCUT2D eigenvalue weighted by Gasteiger charge is 2.07. The van der Waals surface area contributed by atoms with E-state index in [0.717, 1.165) is 17.9 Å². The summed E-state index contributed by atoms with van der Waals surface area (Å²) in [5.74, 6) is 0. The van der Waals surface area contributed by atoms with Crippen LogP contribution in [0.3, 0.4) is 0 Å². The Labute approximate surface area is 109 Å². The van der Waals surface area contributed by atoms with E-state index in [2.05, 4.69) is 49.6 Å². The van der Waals surface area contributed by atoms with Gasteiger partial charge in [-0.1, -0.05) is 18.2 Å². The summed E-state index contributed by atoms with van der Waals surface area (Å²) in [6.07, 6.45) is 6.53. The monoisotopic (exact) mass is 242 g/mol. The zero-order valence-corrected chi connectivity index (χ0v) is 11.2. The summed E-state index contributed by atoms with van der Waals surface area (Å²) in [4.78, 5) is 1.39.